The molecule has 0 fully saturated rings. The second-order valence-corrected chi connectivity index (χ2v) is 5.33. The minimum Gasteiger partial charge on any atom is -0.504 e. The van der Waals surface area contributed by atoms with Crippen LogP contribution < -0.4 is 10.1 Å². The van der Waals surface area contributed by atoms with E-state index in [0.717, 1.165) is 0 Å². The van der Waals surface area contributed by atoms with Crippen molar-refractivity contribution in [1.29, 1.82) is 0 Å². The van der Waals surface area contributed by atoms with Gasteiger partial charge in [-0.2, -0.15) is 0 Å². The molecule has 0 unspecified atom stereocenters. The van der Waals surface area contributed by atoms with E-state index in [1.165, 1.54) is 0 Å². The minimum atomic E-state index is -0.0479. The lowest BCUT2D eigenvalue weighted by Crippen LogP contribution is -2.09. The number of phenols is 1. The molecule has 2 aromatic carbocycles. The van der Waals surface area contributed by atoms with Gasteiger partial charge >= 0.3 is 0 Å². The van der Waals surface area contributed by atoms with Crippen LogP contribution in [0.5, 0.6) is 11.5 Å². The van der Waals surface area contributed by atoms with Crippen LogP contribution in [0, 0.1) is 6.92 Å². The quantitative estimate of drug-likeness (QED) is 0.604. The molecular weight excluding hydrogens is 321 g/mol. The van der Waals surface area contributed by atoms with E-state index in [1.807, 2.05) is 0 Å². The number of anilines is 1. The van der Waals surface area contributed by atoms with E-state index in [-0.39, 0.29) is 17.5 Å². The fraction of sp³-hybridized carbons (Fsp3) is 0.143. The first-order valence-corrected chi connectivity index (χ1v) is 6.92. The Hall–Kier alpha value is -1.29. The van der Waals surface area contributed by atoms with E-state index in [2.05, 4.69) is 5.32 Å². The standard InChI is InChI=1S/C14H12Cl3NO2/c1-8-11(16)6-12(14(19)13(8)17)18-7-20-10-4-2-9(15)3-5-10/h2-6,18-19H,7H2,1H3. The molecule has 2 N–H and O–H groups in total. The Morgan fingerprint density at radius 3 is 2.45 bits per heavy atom. The van der Waals surface area contributed by atoms with Gasteiger partial charge in [-0.1, -0.05) is 34.8 Å². The number of hydrogen-bond acceptors (Lipinski definition) is 3. The highest BCUT2D eigenvalue weighted by Gasteiger charge is 2.12. The number of rotatable bonds is 4. The van der Waals surface area contributed by atoms with E-state index in [9.17, 15) is 5.11 Å². The molecule has 2 aromatic rings. The maximum Gasteiger partial charge on any atom is 0.159 e. The lowest BCUT2D eigenvalue weighted by molar-refractivity contribution is 0.345. The molecule has 3 nitrogen and oxygen atoms in total. The number of ether oxygens (including phenoxy) is 1. The lowest BCUT2D eigenvalue weighted by atomic mass is 10.2. The normalized spacial score (nSPS) is 10.4. The minimum absolute atomic E-state index is 0.0479. The van der Waals surface area contributed by atoms with Crippen molar-refractivity contribution in [3.8, 4) is 11.5 Å². The van der Waals surface area contributed by atoms with Gasteiger partial charge in [-0.25, -0.2) is 0 Å². The Kier molecular flexibility index (Phi) is 4.86. The van der Waals surface area contributed by atoms with E-state index in [1.54, 1.807) is 37.3 Å². The third kappa shape index (κ3) is 3.42. The zero-order valence-corrected chi connectivity index (χ0v) is 12.9. The number of nitrogens with one attached hydrogen (secondary N) is 1. The average molecular weight is 333 g/mol. The van der Waals surface area contributed by atoms with Gasteiger partial charge in [-0.05, 0) is 42.8 Å². The summed E-state index contributed by atoms with van der Waals surface area (Å²) in [5.41, 5.74) is 1.05. The number of halogens is 3. The first kappa shape index (κ1) is 15.1. The van der Waals surface area contributed by atoms with Crippen molar-refractivity contribution in [2.24, 2.45) is 0 Å². The summed E-state index contributed by atoms with van der Waals surface area (Å²) >= 11 is 17.8. The zero-order chi connectivity index (χ0) is 14.7. The van der Waals surface area contributed by atoms with Crippen LogP contribution in [-0.2, 0) is 0 Å². The highest BCUT2D eigenvalue weighted by molar-refractivity contribution is 6.37. The van der Waals surface area contributed by atoms with Gasteiger partial charge in [0.05, 0.1) is 10.7 Å². The van der Waals surface area contributed by atoms with Crippen molar-refractivity contribution in [2.45, 2.75) is 6.92 Å². The third-order valence-corrected chi connectivity index (χ3v) is 3.84. The van der Waals surface area contributed by atoms with Gasteiger partial charge < -0.3 is 15.2 Å². The summed E-state index contributed by atoms with van der Waals surface area (Å²) in [6, 6.07) is 8.56. The van der Waals surface area contributed by atoms with Crippen LogP contribution in [0.25, 0.3) is 0 Å². The van der Waals surface area contributed by atoms with Gasteiger partial charge in [0.1, 0.15) is 5.75 Å². The molecule has 0 bridgehead atoms. The third-order valence-electron chi connectivity index (χ3n) is 2.74. The monoisotopic (exact) mass is 331 g/mol. The van der Waals surface area contributed by atoms with Gasteiger partial charge in [0, 0.05) is 10.0 Å². The van der Waals surface area contributed by atoms with Crippen LogP contribution in [0.4, 0.5) is 5.69 Å². The van der Waals surface area contributed by atoms with Crippen molar-refractivity contribution in [2.75, 3.05) is 12.0 Å². The van der Waals surface area contributed by atoms with E-state index >= 15 is 0 Å². The number of aromatic hydroxyl groups is 1. The van der Waals surface area contributed by atoms with E-state index in [4.69, 9.17) is 39.5 Å². The average Bonchev–Trinajstić information content (AvgIpc) is 2.44. The molecule has 0 amide bonds. The molecule has 6 heteroatoms. The molecule has 0 aliphatic rings. The molecule has 0 saturated carbocycles. The summed E-state index contributed by atoms with van der Waals surface area (Å²) in [4.78, 5) is 0. The second-order valence-electron chi connectivity index (χ2n) is 4.11. The summed E-state index contributed by atoms with van der Waals surface area (Å²) in [6.45, 7) is 1.89. The maximum absolute atomic E-state index is 9.91. The fourth-order valence-electron chi connectivity index (χ4n) is 1.57. The maximum atomic E-state index is 9.91. The van der Waals surface area contributed by atoms with Crippen molar-refractivity contribution >= 4 is 40.5 Å². The van der Waals surface area contributed by atoms with Crippen LogP contribution in [0.3, 0.4) is 0 Å². The molecule has 0 atom stereocenters. The largest absolute Gasteiger partial charge is 0.504 e. The molecule has 2 rings (SSSR count). The molecule has 0 aliphatic heterocycles. The van der Waals surface area contributed by atoms with Gasteiger partial charge in [0.15, 0.2) is 12.5 Å². The molecule has 0 heterocycles. The molecule has 0 spiro atoms. The Morgan fingerprint density at radius 1 is 1.15 bits per heavy atom. The predicted molar refractivity (Wildman–Crippen MR) is 83.4 cm³/mol. The van der Waals surface area contributed by atoms with Crippen molar-refractivity contribution in [3.63, 3.8) is 0 Å². The molecule has 0 aliphatic carbocycles. The summed E-state index contributed by atoms with van der Waals surface area (Å²) < 4.78 is 5.46. The molecule has 0 radical (unpaired) electrons. The highest BCUT2D eigenvalue weighted by atomic mass is 35.5. The molecular formula is C14H12Cl3NO2. The van der Waals surface area contributed by atoms with Crippen molar-refractivity contribution < 1.29 is 9.84 Å². The first-order chi connectivity index (χ1) is 9.49. The SMILES string of the molecule is Cc1c(Cl)cc(NCOc2ccc(Cl)cc2)c(O)c1Cl. The Morgan fingerprint density at radius 2 is 1.80 bits per heavy atom. The Labute approximate surface area is 132 Å². The lowest BCUT2D eigenvalue weighted by Gasteiger charge is -2.13. The second kappa shape index (κ2) is 6.44. The molecule has 106 valence electrons. The van der Waals surface area contributed by atoms with Crippen LogP contribution in [0.2, 0.25) is 15.1 Å². The number of benzene rings is 2. The number of hydrogen-bond donors (Lipinski definition) is 2. The van der Waals surface area contributed by atoms with Crippen LogP contribution in [-0.4, -0.2) is 11.8 Å². The van der Waals surface area contributed by atoms with Gasteiger partial charge in [-0.3, -0.25) is 0 Å². The summed E-state index contributed by atoms with van der Waals surface area (Å²) in [7, 11) is 0. The van der Waals surface area contributed by atoms with Gasteiger partial charge in [-0.15, -0.1) is 0 Å². The molecule has 0 aromatic heterocycles. The van der Waals surface area contributed by atoms with Gasteiger partial charge in [0.25, 0.3) is 0 Å². The van der Waals surface area contributed by atoms with Crippen molar-refractivity contribution in [3.05, 3.63) is 51.0 Å². The predicted octanol–water partition coefficient (Wildman–Crippen LogP) is 5.11. The number of phenolic OH excluding ortho intramolecular Hbond substituents is 1. The highest BCUT2D eigenvalue weighted by Crippen LogP contribution is 2.38. The Bertz CT molecular complexity index is 615. The van der Waals surface area contributed by atoms with E-state index in [0.29, 0.717) is 27.0 Å². The van der Waals surface area contributed by atoms with Crippen LogP contribution in [0.1, 0.15) is 5.56 Å². The summed E-state index contributed by atoms with van der Waals surface area (Å²) in [5, 5.41) is 14.2. The van der Waals surface area contributed by atoms with Crippen molar-refractivity contribution in [1.82, 2.24) is 0 Å². The van der Waals surface area contributed by atoms with Gasteiger partial charge in [0.2, 0.25) is 0 Å². The summed E-state index contributed by atoms with van der Waals surface area (Å²) in [5.74, 6) is 0.610. The Balaban J connectivity index is 2.03. The fourth-order valence-corrected chi connectivity index (χ4v) is 2.15. The topological polar surface area (TPSA) is 41.5 Å². The smallest absolute Gasteiger partial charge is 0.159 e. The molecule has 20 heavy (non-hydrogen) atoms. The summed E-state index contributed by atoms with van der Waals surface area (Å²) in [6.07, 6.45) is 0. The van der Waals surface area contributed by atoms with E-state index < -0.39 is 0 Å². The van der Waals surface area contributed by atoms with Crippen LogP contribution in [0.15, 0.2) is 30.3 Å². The van der Waals surface area contributed by atoms with Crippen LogP contribution >= 0.6 is 34.8 Å². The zero-order valence-electron chi connectivity index (χ0n) is 10.6. The first-order valence-electron chi connectivity index (χ1n) is 5.79. The molecule has 0 saturated heterocycles.